The molecule has 0 aliphatic heterocycles. The molecule has 2 aromatic carbocycles. The van der Waals surface area contributed by atoms with Gasteiger partial charge in [0.05, 0.1) is 6.42 Å². The van der Waals surface area contributed by atoms with Gasteiger partial charge in [0.1, 0.15) is 11.3 Å². The van der Waals surface area contributed by atoms with E-state index in [9.17, 15) is 9.18 Å². The maximum atomic E-state index is 13.4. The number of hydrogen-bond donors (Lipinski definition) is 2. The van der Waals surface area contributed by atoms with Crippen LogP contribution in [0.5, 0.6) is 0 Å². The molecule has 3 rings (SSSR count). The van der Waals surface area contributed by atoms with E-state index >= 15 is 0 Å². The summed E-state index contributed by atoms with van der Waals surface area (Å²) < 4.78 is 19.1. The Morgan fingerprint density at radius 1 is 1.33 bits per heavy atom. The average molecular weight is 328 g/mol. The molecule has 0 saturated carbocycles. The molecule has 5 nitrogen and oxygen atoms in total. The third-order valence-electron chi connectivity index (χ3n) is 3.81. The van der Waals surface area contributed by atoms with Crippen molar-refractivity contribution in [2.75, 3.05) is 5.32 Å². The normalized spacial score (nSPS) is 11.0. The van der Waals surface area contributed by atoms with E-state index in [0.29, 0.717) is 28.8 Å². The number of rotatable bonds is 5. The fourth-order valence-electron chi connectivity index (χ4n) is 2.61. The lowest BCUT2D eigenvalue weighted by molar-refractivity contribution is -0.136. The molecule has 1 aromatic heterocycles. The summed E-state index contributed by atoms with van der Waals surface area (Å²) in [5.41, 5.74) is 4.21. The molecular formula is C18H17FN2O3. The highest BCUT2D eigenvalue weighted by Gasteiger charge is 2.13. The van der Waals surface area contributed by atoms with Crippen LogP contribution in [0.2, 0.25) is 0 Å². The van der Waals surface area contributed by atoms with E-state index in [4.69, 9.17) is 9.52 Å². The van der Waals surface area contributed by atoms with Gasteiger partial charge in [-0.25, -0.2) is 4.39 Å². The van der Waals surface area contributed by atoms with Gasteiger partial charge in [0.25, 0.3) is 6.01 Å². The molecular weight excluding hydrogens is 311 g/mol. The number of hydrogen-bond acceptors (Lipinski definition) is 4. The van der Waals surface area contributed by atoms with Crippen molar-refractivity contribution in [3.63, 3.8) is 0 Å². The molecule has 2 N–H and O–H groups in total. The maximum absolute atomic E-state index is 13.4. The molecule has 0 bridgehead atoms. The van der Waals surface area contributed by atoms with Crippen LogP contribution < -0.4 is 5.32 Å². The summed E-state index contributed by atoms with van der Waals surface area (Å²) >= 11 is 0. The molecule has 0 amide bonds. The molecule has 0 spiro atoms. The summed E-state index contributed by atoms with van der Waals surface area (Å²) in [6, 6.07) is 8.19. The molecule has 1 heterocycles. The van der Waals surface area contributed by atoms with Gasteiger partial charge in [0, 0.05) is 5.69 Å². The van der Waals surface area contributed by atoms with Gasteiger partial charge in [0.2, 0.25) is 0 Å². The van der Waals surface area contributed by atoms with Gasteiger partial charge in [-0.1, -0.05) is 19.1 Å². The van der Waals surface area contributed by atoms with Gasteiger partial charge >= 0.3 is 5.97 Å². The number of carboxylic acids is 1. The molecule has 0 aliphatic rings. The number of carbonyl (C=O) groups is 1. The number of halogens is 1. The number of aryl methyl sites for hydroxylation is 2. The second kappa shape index (κ2) is 6.31. The predicted octanol–water partition coefficient (Wildman–Crippen LogP) is 4.21. The number of carboxylic acid groups (broad SMARTS) is 1. The number of oxazole rings is 1. The SMILES string of the molecule is CCc1cc(CC(=O)O)cc2oc(Nc3cc(F)ccc3C)nc12. The number of benzene rings is 2. The van der Waals surface area contributed by atoms with Crippen molar-refractivity contribution in [1.82, 2.24) is 4.98 Å². The minimum atomic E-state index is -0.898. The summed E-state index contributed by atoms with van der Waals surface area (Å²) in [4.78, 5) is 15.3. The van der Waals surface area contributed by atoms with E-state index in [1.165, 1.54) is 12.1 Å². The Kier molecular flexibility index (Phi) is 4.20. The first-order valence-corrected chi connectivity index (χ1v) is 7.63. The van der Waals surface area contributed by atoms with Crippen LogP contribution in [-0.4, -0.2) is 16.1 Å². The number of aromatic nitrogens is 1. The van der Waals surface area contributed by atoms with Crippen molar-refractivity contribution in [3.8, 4) is 0 Å². The fourth-order valence-corrected chi connectivity index (χ4v) is 2.61. The number of aliphatic carboxylic acids is 1. The Morgan fingerprint density at radius 2 is 2.12 bits per heavy atom. The molecule has 24 heavy (non-hydrogen) atoms. The third-order valence-corrected chi connectivity index (χ3v) is 3.81. The standard InChI is InChI=1S/C18H17FN2O3/c1-3-12-6-11(8-16(22)23)7-15-17(12)21-18(24-15)20-14-9-13(19)5-4-10(14)2/h4-7,9H,3,8H2,1-2H3,(H,20,21)(H,22,23). The Bertz CT molecular complexity index is 918. The smallest absolute Gasteiger partial charge is 0.307 e. The number of anilines is 2. The molecule has 6 heteroatoms. The Hall–Kier alpha value is -2.89. The van der Waals surface area contributed by atoms with Crippen LogP contribution in [0, 0.1) is 12.7 Å². The Balaban J connectivity index is 2.01. The van der Waals surface area contributed by atoms with Gasteiger partial charge in [-0.3, -0.25) is 4.79 Å². The molecule has 0 radical (unpaired) electrons. The largest absolute Gasteiger partial charge is 0.481 e. The molecule has 0 saturated heterocycles. The molecule has 0 atom stereocenters. The lowest BCUT2D eigenvalue weighted by Crippen LogP contribution is -2.00. The van der Waals surface area contributed by atoms with E-state index in [2.05, 4.69) is 10.3 Å². The maximum Gasteiger partial charge on any atom is 0.307 e. The highest BCUT2D eigenvalue weighted by Crippen LogP contribution is 2.28. The van der Waals surface area contributed by atoms with Crippen LogP contribution in [0.4, 0.5) is 16.1 Å². The van der Waals surface area contributed by atoms with Crippen LogP contribution in [0.3, 0.4) is 0 Å². The van der Waals surface area contributed by atoms with Gasteiger partial charge < -0.3 is 14.8 Å². The lowest BCUT2D eigenvalue weighted by Gasteiger charge is -2.05. The van der Waals surface area contributed by atoms with E-state index in [1.54, 1.807) is 12.1 Å². The first-order valence-electron chi connectivity index (χ1n) is 7.63. The minimum absolute atomic E-state index is 0.0740. The van der Waals surface area contributed by atoms with Crippen molar-refractivity contribution < 1.29 is 18.7 Å². The highest BCUT2D eigenvalue weighted by atomic mass is 19.1. The van der Waals surface area contributed by atoms with Crippen LogP contribution in [0.25, 0.3) is 11.1 Å². The quantitative estimate of drug-likeness (QED) is 0.734. The summed E-state index contributed by atoms with van der Waals surface area (Å²) in [7, 11) is 0. The second-order valence-corrected chi connectivity index (χ2v) is 5.63. The lowest BCUT2D eigenvalue weighted by atomic mass is 10.0. The summed E-state index contributed by atoms with van der Waals surface area (Å²) in [6.07, 6.45) is 0.629. The van der Waals surface area contributed by atoms with Gasteiger partial charge in [-0.2, -0.15) is 4.98 Å². The summed E-state index contributed by atoms with van der Waals surface area (Å²) in [6.45, 7) is 3.82. The molecule has 0 fully saturated rings. The van der Waals surface area contributed by atoms with Crippen LogP contribution >= 0.6 is 0 Å². The monoisotopic (exact) mass is 328 g/mol. The topological polar surface area (TPSA) is 75.4 Å². The number of fused-ring (bicyclic) bond motifs is 1. The van der Waals surface area contributed by atoms with Crippen molar-refractivity contribution in [2.24, 2.45) is 0 Å². The van der Waals surface area contributed by atoms with Crippen molar-refractivity contribution in [3.05, 3.63) is 52.8 Å². The van der Waals surface area contributed by atoms with E-state index in [0.717, 1.165) is 11.1 Å². The van der Waals surface area contributed by atoms with Crippen molar-refractivity contribution >= 4 is 28.8 Å². The van der Waals surface area contributed by atoms with Gasteiger partial charge in [-0.15, -0.1) is 0 Å². The zero-order valence-corrected chi connectivity index (χ0v) is 13.4. The van der Waals surface area contributed by atoms with Crippen LogP contribution in [0.15, 0.2) is 34.7 Å². The number of nitrogens with one attached hydrogen (secondary N) is 1. The first kappa shape index (κ1) is 16.0. The molecule has 0 unspecified atom stereocenters. The second-order valence-electron chi connectivity index (χ2n) is 5.63. The zero-order chi connectivity index (χ0) is 17.3. The number of nitrogens with zero attached hydrogens (tertiary/aromatic N) is 1. The molecule has 0 aliphatic carbocycles. The minimum Gasteiger partial charge on any atom is -0.481 e. The summed E-state index contributed by atoms with van der Waals surface area (Å²) in [5, 5.41) is 11.9. The van der Waals surface area contributed by atoms with Gasteiger partial charge in [-0.05, 0) is 48.2 Å². The van der Waals surface area contributed by atoms with Gasteiger partial charge in [0.15, 0.2) is 5.58 Å². The van der Waals surface area contributed by atoms with E-state index in [-0.39, 0.29) is 18.3 Å². The third kappa shape index (κ3) is 3.22. The van der Waals surface area contributed by atoms with E-state index in [1.807, 2.05) is 19.9 Å². The fraction of sp³-hybridized carbons (Fsp3) is 0.222. The summed E-state index contributed by atoms with van der Waals surface area (Å²) in [5.74, 6) is -1.25. The van der Waals surface area contributed by atoms with Crippen molar-refractivity contribution in [1.29, 1.82) is 0 Å². The first-order chi connectivity index (χ1) is 11.5. The predicted molar refractivity (Wildman–Crippen MR) is 89.1 cm³/mol. The van der Waals surface area contributed by atoms with Crippen LogP contribution in [-0.2, 0) is 17.6 Å². The van der Waals surface area contributed by atoms with E-state index < -0.39 is 5.97 Å². The van der Waals surface area contributed by atoms with Crippen LogP contribution in [0.1, 0.15) is 23.6 Å². The highest BCUT2D eigenvalue weighted by molar-refractivity contribution is 5.81. The molecule has 3 aromatic rings. The Morgan fingerprint density at radius 3 is 2.83 bits per heavy atom. The zero-order valence-electron chi connectivity index (χ0n) is 13.4. The Labute approximate surface area is 138 Å². The average Bonchev–Trinajstić information content (AvgIpc) is 2.91. The van der Waals surface area contributed by atoms with Crippen molar-refractivity contribution in [2.45, 2.75) is 26.7 Å². The molecule has 124 valence electrons.